The number of hydrogen-bond acceptors (Lipinski definition) is 1. The van der Waals surface area contributed by atoms with Gasteiger partial charge < -0.3 is 5.32 Å². The summed E-state index contributed by atoms with van der Waals surface area (Å²) < 4.78 is 0. The Morgan fingerprint density at radius 2 is 1.17 bits per heavy atom. The van der Waals surface area contributed by atoms with Crippen LogP contribution in [-0.4, -0.2) is 12.1 Å². The molecule has 1 N–H and O–H groups in total. The van der Waals surface area contributed by atoms with Crippen LogP contribution in [0, 0.1) is 11.8 Å². The molecule has 1 heteroatoms. The van der Waals surface area contributed by atoms with E-state index in [0.29, 0.717) is 0 Å². The molecule has 106 valence electrons. The van der Waals surface area contributed by atoms with Gasteiger partial charge in [-0.2, -0.15) is 0 Å². The Labute approximate surface area is 114 Å². The van der Waals surface area contributed by atoms with Gasteiger partial charge in [0.2, 0.25) is 0 Å². The third-order valence-corrected chi connectivity index (χ3v) is 5.56. The summed E-state index contributed by atoms with van der Waals surface area (Å²) in [4.78, 5) is 0. The van der Waals surface area contributed by atoms with E-state index in [1.807, 2.05) is 0 Å². The Morgan fingerprint density at radius 3 is 1.72 bits per heavy atom. The van der Waals surface area contributed by atoms with Gasteiger partial charge in [0.25, 0.3) is 0 Å². The van der Waals surface area contributed by atoms with Crippen LogP contribution >= 0.6 is 0 Å². The summed E-state index contributed by atoms with van der Waals surface area (Å²) in [7, 11) is 0. The number of rotatable bonds is 4. The highest BCUT2D eigenvalue weighted by atomic mass is 14.9. The van der Waals surface area contributed by atoms with Crippen molar-refractivity contribution in [2.45, 2.75) is 96.6 Å². The van der Waals surface area contributed by atoms with E-state index in [1.165, 1.54) is 70.6 Å². The minimum atomic E-state index is 0.838. The zero-order valence-electron chi connectivity index (χ0n) is 12.6. The molecule has 2 atom stereocenters. The van der Waals surface area contributed by atoms with Crippen molar-refractivity contribution in [1.29, 1.82) is 0 Å². The van der Waals surface area contributed by atoms with Gasteiger partial charge in [-0.15, -0.1) is 0 Å². The molecule has 0 bridgehead atoms. The molecule has 2 aliphatic carbocycles. The zero-order valence-corrected chi connectivity index (χ0v) is 12.6. The molecule has 2 fully saturated rings. The Kier molecular flexibility index (Phi) is 6.01. The summed E-state index contributed by atoms with van der Waals surface area (Å²) in [5, 5.41) is 3.99. The van der Waals surface area contributed by atoms with E-state index in [-0.39, 0.29) is 0 Å². The molecule has 0 aromatic heterocycles. The van der Waals surface area contributed by atoms with Crippen LogP contribution in [0.15, 0.2) is 0 Å². The van der Waals surface area contributed by atoms with Gasteiger partial charge in [-0.25, -0.2) is 0 Å². The molecule has 0 saturated heterocycles. The van der Waals surface area contributed by atoms with Crippen LogP contribution in [0.2, 0.25) is 0 Å². The van der Waals surface area contributed by atoms with E-state index >= 15 is 0 Å². The molecule has 0 aromatic carbocycles. The third kappa shape index (κ3) is 4.26. The second-order valence-corrected chi connectivity index (χ2v) is 6.77. The molecule has 2 aliphatic rings. The lowest BCUT2D eigenvalue weighted by Crippen LogP contribution is -2.40. The van der Waals surface area contributed by atoms with Gasteiger partial charge in [-0.3, -0.25) is 0 Å². The first-order chi connectivity index (χ1) is 8.81. The number of hydrogen-bond donors (Lipinski definition) is 1. The second-order valence-electron chi connectivity index (χ2n) is 6.77. The van der Waals surface area contributed by atoms with Crippen molar-refractivity contribution in [3.63, 3.8) is 0 Å². The van der Waals surface area contributed by atoms with E-state index in [1.54, 1.807) is 0 Å². The Morgan fingerprint density at radius 1 is 0.667 bits per heavy atom. The summed E-state index contributed by atoms with van der Waals surface area (Å²) >= 11 is 0. The maximum atomic E-state index is 3.99. The fourth-order valence-corrected chi connectivity index (χ4v) is 4.02. The fraction of sp³-hybridized carbons (Fsp3) is 1.00. The van der Waals surface area contributed by atoms with Crippen LogP contribution < -0.4 is 5.32 Å². The molecule has 2 rings (SSSR count). The molecular weight excluding hydrogens is 218 g/mol. The fourth-order valence-electron chi connectivity index (χ4n) is 4.02. The van der Waals surface area contributed by atoms with E-state index in [2.05, 4.69) is 19.2 Å². The summed E-state index contributed by atoms with van der Waals surface area (Å²) in [6, 6.07) is 1.68. The van der Waals surface area contributed by atoms with Crippen molar-refractivity contribution in [2.24, 2.45) is 11.8 Å². The quantitative estimate of drug-likeness (QED) is 0.700. The smallest absolute Gasteiger partial charge is 0.00698 e. The van der Waals surface area contributed by atoms with Gasteiger partial charge in [0.05, 0.1) is 0 Å². The van der Waals surface area contributed by atoms with Crippen molar-refractivity contribution in [2.75, 3.05) is 0 Å². The van der Waals surface area contributed by atoms with E-state index in [9.17, 15) is 0 Å². The van der Waals surface area contributed by atoms with Crippen molar-refractivity contribution in [3.8, 4) is 0 Å². The molecule has 2 unspecified atom stereocenters. The zero-order chi connectivity index (χ0) is 12.8. The maximum Gasteiger partial charge on any atom is 0.00698 e. The van der Waals surface area contributed by atoms with Crippen LogP contribution in [-0.2, 0) is 0 Å². The summed E-state index contributed by atoms with van der Waals surface area (Å²) in [6.45, 7) is 4.72. The first kappa shape index (κ1) is 14.4. The van der Waals surface area contributed by atoms with Crippen LogP contribution in [0.1, 0.15) is 84.5 Å². The predicted octanol–water partition coefficient (Wildman–Crippen LogP) is 4.90. The SMILES string of the molecule is CCC1CCCC(NC2CCC(CC)CC2)CC1. The average Bonchev–Trinajstić information content (AvgIpc) is 2.65. The highest BCUT2D eigenvalue weighted by Crippen LogP contribution is 2.29. The van der Waals surface area contributed by atoms with Crippen LogP contribution in [0.4, 0.5) is 0 Å². The van der Waals surface area contributed by atoms with Gasteiger partial charge in [0.1, 0.15) is 0 Å². The molecule has 2 saturated carbocycles. The molecule has 0 aromatic rings. The van der Waals surface area contributed by atoms with E-state index in [4.69, 9.17) is 0 Å². The van der Waals surface area contributed by atoms with Crippen LogP contribution in [0.5, 0.6) is 0 Å². The van der Waals surface area contributed by atoms with Gasteiger partial charge in [-0.05, 0) is 56.8 Å². The Balaban J connectivity index is 1.70. The summed E-state index contributed by atoms with van der Waals surface area (Å²) in [6.07, 6.45) is 15.9. The van der Waals surface area contributed by atoms with Crippen molar-refractivity contribution >= 4 is 0 Å². The molecule has 0 aliphatic heterocycles. The average molecular weight is 251 g/mol. The molecule has 18 heavy (non-hydrogen) atoms. The van der Waals surface area contributed by atoms with Crippen molar-refractivity contribution in [1.82, 2.24) is 5.32 Å². The third-order valence-electron chi connectivity index (χ3n) is 5.56. The van der Waals surface area contributed by atoms with E-state index < -0.39 is 0 Å². The highest BCUT2D eigenvalue weighted by molar-refractivity contribution is 4.82. The van der Waals surface area contributed by atoms with Gasteiger partial charge in [0.15, 0.2) is 0 Å². The highest BCUT2D eigenvalue weighted by Gasteiger charge is 2.24. The van der Waals surface area contributed by atoms with Crippen molar-refractivity contribution < 1.29 is 0 Å². The van der Waals surface area contributed by atoms with Gasteiger partial charge >= 0.3 is 0 Å². The Bertz CT molecular complexity index is 218. The second kappa shape index (κ2) is 7.53. The largest absolute Gasteiger partial charge is 0.311 e. The standard InChI is InChI=1S/C17H33N/c1-3-14-6-5-7-16(11-8-14)18-17-12-9-15(4-2)10-13-17/h14-18H,3-13H2,1-2H3. The molecule has 0 spiro atoms. The molecule has 0 heterocycles. The summed E-state index contributed by atoms with van der Waals surface area (Å²) in [5.74, 6) is 2.05. The van der Waals surface area contributed by atoms with Gasteiger partial charge in [-0.1, -0.05) is 39.5 Å². The van der Waals surface area contributed by atoms with Crippen molar-refractivity contribution in [3.05, 3.63) is 0 Å². The lowest BCUT2D eigenvalue weighted by atomic mass is 9.84. The van der Waals surface area contributed by atoms with Gasteiger partial charge in [0, 0.05) is 12.1 Å². The molecule has 1 nitrogen and oxygen atoms in total. The monoisotopic (exact) mass is 251 g/mol. The normalized spacial score (nSPS) is 38.3. The minimum Gasteiger partial charge on any atom is -0.311 e. The lowest BCUT2D eigenvalue weighted by molar-refractivity contribution is 0.261. The van der Waals surface area contributed by atoms with Crippen LogP contribution in [0.25, 0.3) is 0 Å². The summed E-state index contributed by atoms with van der Waals surface area (Å²) in [5.41, 5.74) is 0. The first-order valence-corrected chi connectivity index (χ1v) is 8.57. The molecule has 0 amide bonds. The van der Waals surface area contributed by atoms with E-state index in [0.717, 1.165) is 23.9 Å². The predicted molar refractivity (Wildman–Crippen MR) is 79.8 cm³/mol. The first-order valence-electron chi connectivity index (χ1n) is 8.57. The maximum absolute atomic E-state index is 3.99. The lowest BCUT2D eigenvalue weighted by Gasteiger charge is -2.31. The topological polar surface area (TPSA) is 12.0 Å². The molecule has 0 radical (unpaired) electrons. The number of nitrogens with one attached hydrogen (secondary N) is 1. The van der Waals surface area contributed by atoms with Crippen LogP contribution in [0.3, 0.4) is 0 Å². The molecular formula is C17H33N. The minimum absolute atomic E-state index is 0.838. The Hall–Kier alpha value is -0.0400.